The standard InChI is InChI=1S/C14H23N3O4/c1-6-9(2)11(13(19)21-5)15-7-10-8-16(3)14(20)17(4)12(10)18/h8-9,11,15H,6-7H2,1-5H3. The highest BCUT2D eigenvalue weighted by atomic mass is 16.5. The summed E-state index contributed by atoms with van der Waals surface area (Å²) in [6.45, 7) is 4.12. The zero-order chi connectivity index (χ0) is 16.2. The van der Waals surface area contributed by atoms with E-state index in [9.17, 15) is 14.4 Å². The number of methoxy groups -OCH3 is 1. The van der Waals surface area contributed by atoms with Gasteiger partial charge in [-0.2, -0.15) is 0 Å². The molecule has 1 aromatic rings. The average molecular weight is 297 g/mol. The van der Waals surface area contributed by atoms with E-state index in [0.717, 1.165) is 11.0 Å². The maximum atomic E-state index is 12.0. The van der Waals surface area contributed by atoms with Gasteiger partial charge in [-0.05, 0) is 5.92 Å². The van der Waals surface area contributed by atoms with Gasteiger partial charge in [-0.3, -0.25) is 19.5 Å². The number of aromatic nitrogens is 2. The van der Waals surface area contributed by atoms with Crippen LogP contribution in [0, 0.1) is 5.92 Å². The molecule has 0 saturated carbocycles. The molecule has 0 saturated heterocycles. The maximum Gasteiger partial charge on any atom is 0.330 e. The summed E-state index contributed by atoms with van der Waals surface area (Å²) in [5, 5.41) is 3.05. The number of aryl methyl sites for hydroxylation is 1. The van der Waals surface area contributed by atoms with Crippen molar-refractivity contribution >= 4 is 5.97 Å². The molecule has 7 heteroatoms. The molecule has 7 nitrogen and oxygen atoms in total. The number of nitrogens with one attached hydrogen (secondary N) is 1. The van der Waals surface area contributed by atoms with Gasteiger partial charge >= 0.3 is 11.7 Å². The zero-order valence-corrected chi connectivity index (χ0v) is 13.2. The minimum atomic E-state index is -0.484. The van der Waals surface area contributed by atoms with Crippen molar-refractivity contribution in [3.05, 3.63) is 32.6 Å². The molecule has 0 radical (unpaired) electrons. The summed E-state index contributed by atoms with van der Waals surface area (Å²) in [4.78, 5) is 35.4. The SMILES string of the molecule is CCC(C)C(NCc1cn(C)c(=O)n(C)c1=O)C(=O)OC. The summed E-state index contributed by atoms with van der Waals surface area (Å²) in [5.74, 6) is -0.278. The molecule has 1 heterocycles. The van der Waals surface area contributed by atoms with Gasteiger partial charge in [0.05, 0.1) is 7.11 Å². The Morgan fingerprint density at radius 2 is 2.00 bits per heavy atom. The molecule has 0 amide bonds. The third kappa shape index (κ3) is 3.81. The zero-order valence-electron chi connectivity index (χ0n) is 13.2. The van der Waals surface area contributed by atoms with E-state index < -0.39 is 6.04 Å². The topological polar surface area (TPSA) is 82.3 Å². The van der Waals surface area contributed by atoms with Crippen LogP contribution in [0.15, 0.2) is 15.8 Å². The first-order chi connectivity index (χ1) is 9.83. The van der Waals surface area contributed by atoms with Gasteiger partial charge in [0.2, 0.25) is 0 Å². The van der Waals surface area contributed by atoms with Gasteiger partial charge in [-0.15, -0.1) is 0 Å². The number of carbonyl (C=O) groups excluding carboxylic acids is 1. The first kappa shape index (κ1) is 17.2. The average Bonchev–Trinajstić information content (AvgIpc) is 2.49. The largest absolute Gasteiger partial charge is 0.468 e. The Bertz CT molecular complexity index is 618. The van der Waals surface area contributed by atoms with Crippen molar-refractivity contribution in [3.63, 3.8) is 0 Å². The van der Waals surface area contributed by atoms with Crippen LogP contribution in [0.2, 0.25) is 0 Å². The Morgan fingerprint density at radius 3 is 2.52 bits per heavy atom. The molecule has 1 N–H and O–H groups in total. The van der Waals surface area contributed by atoms with E-state index in [1.54, 1.807) is 7.05 Å². The van der Waals surface area contributed by atoms with Crippen molar-refractivity contribution in [1.82, 2.24) is 14.5 Å². The molecule has 2 unspecified atom stereocenters. The lowest BCUT2D eigenvalue weighted by Gasteiger charge is -2.22. The van der Waals surface area contributed by atoms with Gasteiger partial charge in [0.1, 0.15) is 6.04 Å². The molecule has 0 aromatic carbocycles. The minimum absolute atomic E-state index is 0.0776. The molecule has 1 rings (SSSR count). The molecule has 2 atom stereocenters. The lowest BCUT2D eigenvalue weighted by atomic mass is 9.99. The summed E-state index contributed by atoms with van der Waals surface area (Å²) in [7, 11) is 4.35. The predicted molar refractivity (Wildman–Crippen MR) is 79.0 cm³/mol. The van der Waals surface area contributed by atoms with Crippen LogP contribution in [-0.4, -0.2) is 28.3 Å². The van der Waals surface area contributed by atoms with Gasteiger partial charge in [-0.1, -0.05) is 20.3 Å². The first-order valence-corrected chi connectivity index (χ1v) is 6.90. The third-order valence-electron chi connectivity index (χ3n) is 3.70. The fourth-order valence-electron chi connectivity index (χ4n) is 2.10. The second-order valence-corrected chi connectivity index (χ2v) is 5.18. The van der Waals surface area contributed by atoms with Crippen molar-refractivity contribution in [2.45, 2.75) is 32.9 Å². The van der Waals surface area contributed by atoms with Gasteiger partial charge in [-0.25, -0.2) is 4.79 Å². The van der Waals surface area contributed by atoms with E-state index in [2.05, 4.69) is 5.32 Å². The van der Waals surface area contributed by atoms with E-state index in [0.29, 0.717) is 5.56 Å². The minimum Gasteiger partial charge on any atom is -0.468 e. The number of rotatable bonds is 6. The van der Waals surface area contributed by atoms with Crippen LogP contribution < -0.4 is 16.6 Å². The summed E-state index contributed by atoms with van der Waals surface area (Å²) >= 11 is 0. The number of carbonyl (C=O) groups is 1. The van der Waals surface area contributed by atoms with Crippen molar-refractivity contribution in [3.8, 4) is 0 Å². The van der Waals surface area contributed by atoms with Crippen LogP contribution in [0.5, 0.6) is 0 Å². The normalized spacial score (nSPS) is 13.8. The van der Waals surface area contributed by atoms with Gasteiger partial charge in [0, 0.05) is 32.4 Å². The molecular formula is C14H23N3O4. The monoisotopic (exact) mass is 297 g/mol. The van der Waals surface area contributed by atoms with Gasteiger partial charge in [0.15, 0.2) is 0 Å². The third-order valence-corrected chi connectivity index (χ3v) is 3.70. The van der Waals surface area contributed by atoms with Crippen LogP contribution >= 0.6 is 0 Å². The van der Waals surface area contributed by atoms with Gasteiger partial charge < -0.3 is 9.30 Å². The van der Waals surface area contributed by atoms with E-state index in [-0.39, 0.29) is 29.7 Å². The molecule has 0 spiro atoms. The fraction of sp³-hybridized carbons (Fsp3) is 0.643. The molecule has 0 aliphatic carbocycles. The number of hydrogen-bond acceptors (Lipinski definition) is 5. The van der Waals surface area contributed by atoms with E-state index in [1.807, 2.05) is 13.8 Å². The Labute approximate surface area is 123 Å². The summed E-state index contributed by atoms with van der Waals surface area (Å²) in [6.07, 6.45) is 2.29. The Morgan fingerprint density at radius 1 is 1.38 bits per heavy atom. The van der Waals surface area contributed by atoms with Gasteiger partial charge in [0.25, 0.3) is 5.56 Å². The lowest BCUT2D eigenvalue weighted by molar-refractivity contribution is -0.144. The lowest BCUT2D eigenvalue weighted by Crippen LogP contribution is -2.45. The summed E-state index contributed by atoms with van der Waals surface area (Å²) in [6, 6.07) is -0.484. The van der Waals surface area contributed by atoms with Crippen LogP contribution in [0.1, 0.15) is 25.8 Å². The van der Waals surface area contributed by atoms with Crippen molar-refractivity contribution in [1.29, 1.82) is 0 Å². The molecule has 21 heavy (non-hydrogen) atoms. The molecule has 1 aromatic heterocycles. The maximum absolute atomic E-state index is 12.0. The second-order valence-electron chi connectivity index (χ2n) is 5.18. The molecular weight excluding hydrogens is 274 g/mol. The highest BCUT2D eigenvalue weighted by Crippen LogP contribution is 2.09. The van der Waals surface area contributed by atoms with Crippen LogP contribution in [0.4, 0.5) is 0 Å². The molecule has 118 valence electrons. The smallest absolute Gasteiger partial charge is 0.330 e. The molecule has 0 bridgehead atoms. The highest BCUT2D eigenvalue weighted by molar-refractivity contribution is 5.75. The molecule has 0 aliphatic heterocycles. The van der Waals surface area contributed by atoms with Crippen molar-refractivity contribution < 1.29 is 9.53 Å². The Hall–Kier alpha value is -1.89. The number of hydrogen-bond donors (Lipinski definition) is 1. The van der Waals surface area contributed by atoms with Crippen LogP contribution in [0.25, 0.3) is 0 Å². The van der Waals surface area contributed by atoms with Crippen LogP contribution in [0.3, 0.4) is 0 Å². The summed E-state index contributed by atoms with van der Waals surface area (Å²) < 4.78 is 7.17. The number of esters is 1. The second kappa shape index (κ2) is 7.21. The van der Waals surface area contributed by atoms with E-state index in [1.165, 1.54) is 24.9 Å². The van der Waals surface area contributed by atoms with E-state index >= 15 is 0 Å². The first-order valence-electron chi connectivity index (χ1n) is 6.90. The Balaban J connectivity index is 2.99. The number of ether oxygens (including phenoxy) is 1. The number of nitrogens with zero attached hydrogens (tertiary/aromatic N) is 2. The van der Waals surface area contributed by atoms with Crippen molar-refractivity contribution in [2.75, 3.05) is 7.11 Å². The van der Waals surface area contributed by atoms with E-state index in [4.69, 9.17) is 4.74 Å². The summed E-state index contributed by atoms with van der Waals surface area (Å²) in [5.41, 5.74) is -0.314. The molecule has 0 fully saturated rings. The predicted octanol–water partition coefficient (Wildman–Crippen LogP) is -0.239. The quantitative estimate of drug-likeness (QED) is 0.733. The molecule has 0 aliphatic rings. The van der Waals surface area contributed by atoms with Crippen molar-refractivity contribution in [2.24, 2.45) is 20.0 Å². The highest BCUT2D eigenvalue weighted by Gasteiger charge is 2.24. The van der Waals surface area contributed by atoms with Crippen LogP contribution in [-0.2, 0) is 30.2 Å². The fourth-order valence-corrected chi connectivity index (χ4v) is 2.10. The Kier molecular flexibility index (Phi) is 5.90.